The first-order chi connectivity index (χ1) is 11.5. The molecule has 0 saturated carbocycles. The van der Waals surface area contributed by atoms with Crippen molar-refractivity contribution in [1.82, 2.24) is 15.0 Å². The normalized spacial score (nSPS) is 18.0. The van der Waals surface area contributed by atoms with Crippen LogP contribution in [0.1, 0.15) is 28.7 Å². The fraction of sp³-hybridized carbons (Fsp3) is 0.500. The summed E-state index contributed by atoms with van der Waals surface area (Å²) in [5, 5.41) is 14.5. The van der Waals surface area contributed by atoms with Crippen LogP contribution in [0.5, 0.6) is 0 Å². The Morgan fingerprint density at radius 1 is 1.17 bits per heavy atom. The van der Waals surface area contributed by atoms with Crippen LogP contribution in [0.2, 0.25) is 0 Å². The van der Waals surface area contributed by atoms with E-state index in [0.29, 0.717) is 6.54 Å². The predicted octanol–water partition coefficient (Wildman–Crippen LogP) is 2.28. The molecule has 1 aromatic heterocycles. The van der Waals surface area contributed by atoms with Gasteiger partial charge in [0.25, 0.3) is 0 Å². The van der Waals surface area contributed by atoms with Gasteiger partial charge < -0.3 is 9.63 Å². The SMILES string of the molecule is Cc1cc(CN2CCN(CC(O)c3ccc(F)cc3C)CC2)no1. The molecule has 1 aliphatic rings. The second-order valence-electron chi connectivity index (χ2n) is 6.52. The zero-order valence-electron chi connectivity index (χ0n) is 14.2. The Hall–Kier alpha value is -1.76. The molecule has 24 heavy (non-hydrogen) atoms. The highest BCUT2D eigenvalue weighted by atomic mass is 19.1. The minimum Gasteiger partial charge on any atom is -0.387 e. The van der Waals surface area contributed by atoms with Gasteiger partial charge in [-0.1, -0.05) is 11.2 Å². The molecule has 3 rings (SSSR count). The van der Waals surface area contributed by atoms with E-state index < -0.39 is 6.10 Å². The van der Waals surface area contributed by atoms with Gasteiger partial charge in [-0.3, -0.25) is 9.80 Å². The Kier molecular flexibility index (Phi) is 5.28. The first kappa shape index (κ1) is 17.1. The van der Waals surface area contributed by atoms with E-state index in [-0.39, 0.29) is 5.82 Å². The number of aromatic nitrogens is 1. The lowest BCUT2D eigenvalue weighted by molar-refractivity contribution is 0.0690. The van der Waals surface area contributed by atoms with Gasteiger partial charge in [-0.05, 0) is 37.1 Å². The molecule has 0 amide bonds. The number of nitrogens with zero attached hydrogens (tertiary/aromatic N) is 3. The molecule has 1 unspecified atom stereocenters. The van der Waals surface area contributed by atoms with Crippen LogP contribution in [-0.2, 0) is 6.54 Å². The minimum atomic E-state index is -0.588. The van der Waals surface area contributed by atoms with Gasteiger partial charge in [-0.15, -0.1) is 0 Å². The van der Waals surface area contributed by atoms with Crippen LogP contribution in [0, 0.1) is 19.7 Å². The molecular formula is C18H24FN3O2. The van der Waals surface area contributed by atoms with Crippen LogP contribution < -0.4 is 0 Å². The molecule has 1 N–H and O–H groups in total. The summed E-state index contributed by atoms with van der Waals surface area (Å²) in [7, 11) is 0. The number of rotatable bonds is 5. The molecule has 0 bridgehead atoms. The molecule has 130 valence electrons. The summed E-state index contributed by atoms with van der Waals surface area (Å²) in [5.41, 5.74) is 2.56. The lowest BCUT2D eigenvalue weighted by Crippen LogP contribution is -2.47. The smallest absolute Gasteiger partial charge is 0.133 e. The predicted molar refractivity (Wildman–Crippen MR) is 89.1 cm³/mol. The van der Waals surface area contributed by atoms with E-state index >= 15 is 0 Å². The van der Waals surface area contributed by atoms with Gasteiger partial charge in [0.1, 0.15) is 11.6 Å². The van der Waals surface area contributed by atoms with Crippen molar-refractivity contribution in [3.8, 4) is 0 Å². The molecule has 0 spiro atoms. The molecular weight excluding hydrogens is 309 g/mol. The van der Waals surface area contributed by atoms with E-state index in [1.807, 2.05) is 19.9 Å². The fourth-order valence-corrected chi connectivity index (χ4v) is 3.21. The summed E-state index contributed by atoms with van der Waals surface area (Å²) in [6.07, 6.45) is -0.588. The number of aryl methyl sites for hydroxylation is 2. The van der Waals surface area contributed by atoms with E-state index in [4.69, 9.17) is 4.52 Å². The summed E-state index contributed by atoms with van der Waals surface area (Å²) >= 11 is 0. The Labute approximate surface area is 141 Å². The molecule has 0 radical (unpaired) electrons. The van der Waals surface area contributed by atoms with Crippen LogP contribution in [-0.4, -0.2) is 52.8 Å². The van der Waals surface area contributed by atoms with Crippen LogP contribution >= 0.6 is 0 Å². The maximum atomic E-state index is 13.2. The van der Waals surface area contributed by atoms with Crippen molar-refractivity contribution >= 4 is 0 Å². The summed E-state index contributed by atoms with van der Waals surface area (Å²) in [5.74, 6) is 0.571. The monoisotopic (exact) mass is 333 g/mol. The molecule has 1 aliphatic heterocycles. The van der Waals surface area contributed by atoms with Gasteiger partial charge in [-0.2, -0.15) is 0 Å². The van der Waals surface area contributed by atoms with Gasteiger partial charge in [0.05, 0.1) is 11.8 Å². The maximum absolute atomic E-state index is 13.2. The van der Waals surface area contributed by atoms with Crippen molar-refractivity contribution in [1.29, 1.82) is 0 Å². The second kappa shape index (κ2) is 7.42. The molecule has 6 heteroatoms. The Morgan fingerprint density at radius 3 is 2.50 bits per heavy atom. The number of hydrogen-bond acceptors (Lipinski definition) is 5. The average molecular weight is 333 g/mol. The van der Waals surface area contributed by atoms with Gasteiger partial charge in [0, 0.05) is 45.3 Å². The van der Waals surface area contributed by atoms with Crippen LogP contribution in [0.25, 0.3) is 0 Å². The van der Waals surface area contributed by atoms with Crippen molar-refractivity contribution in [2.45, 2.75) is 26.5 Å². The molecule has 5 nitrogen and oxygen atoms in total. The number of benzene rings is 1. The molecule has 0 aliphatic carbocycles. The highest BCUT2D eigenvalue weighted by molar-refractivity contribution is 5.28. The highest BCUT2D eigenvalue weighted by Crippen LogP contribution is 2.20. The van der Waals surface area contributed by atoms with E-state index in [0.717, 1.165) is 55.3 Å². The molecule has 2 aromatic rings. The van der Waals surface area contributed by atoms with Crippen molar-refractivity contribution in [3.63, 3.8) is 0 Å². The summed E-state index contributed by atoms with van der Waals surface area (Å²) in [4.78, 5) is 4.58. The topological polar surface area (TPSA) is 52.7 Å². The maximum Gasteiger partial charge on any atom is 0.133 e. The zero-order chi connectivity index (χ0) is 17.1. The van der Waals surface area contributed by atoms with Crippen LogP contribution in [0.4, 0.5) is 4.39 Å². The third-order valence-corrected chi connectivity index (χ3v) is 4.55. The van der Waals surface area contributed by atoms with E-state index in [9.17, 15) is 9.50 Å². The first-order valence-electron chi connectivity index (χ1n) is 8.32. The van der Waals surface area contributed by atoms with Gasteiger partial charge >= 0.3 is 0 Å². The summed E-state index contributed by atoms with van der Waals surface area (Å²) in [6, 6.07) is 6.52. The quantitative estimate of drug-likeness (QED) is 0.910. The van der Waals surface area contributed by atoms with Gasteiger partial charge in [-0.25, -0.2) is 4.39 Å². The lowest BCUT2D eigenvalue weighted by Gasteiger charge is -2.35. The van der Waals surface area contributed by atoms with Crippen molar-refractivity contribution in [2.24, 2.45) is 0 Å². The standard InChI is InChI=1S/C18H24FN3O2/c1-13-9-15(19)3-4-17(13)18(23)12-22-7-5-21(6-8-22)11-16-10-14(2)24-20-16/h3-4,9-10,18,23H,5-8,11-12H2,1-2H3. The average Bonchev–Trinajstić information content (AvgIpc) is 2.94. The molecule has 1 aromatic carbocycles. The number of hydrogen-bond donors (Lipinski definition) is 1. The number of aliphatic hydroxyl groups is 1. The van der Waals surface area contributed by atoms with E-state index in [2.05, 4.69) is 15.0 Å². The largest absolute Gasteiger partial charge is 0.387 e. The summed E-state index contributed by atoms with van der Waals surface area (Å²) < 4.78 is 18.3. The Balaban J connectivity index is 1.49. The molecule has 1 atom stereocenters. The number of piperazine rings is 1. The molecule has 1 saturated heterocycles. The number of β-amino-alcohol motifs (C(OH)–C–C–N with tert-alkyl or cyclic N) is 1. The van der Waals surface area contributed by atoms with Crippen LogP contribution in [0.3, 0.4) is 0 Å². The van der Waals surface area contributed by atoms with Gasteiger partial charge in [0.2, 0.25) is 0 Å². The molecule has 1 fully saturated rings. The number of halogens is 1. The third kappa shape index (κ3) is 4.20. The first-order valence-corrected chi connectivity index (χ1v) is 8.32. The fourth-order valence-electron chi connectivity index (χ4n) is 3.21. The second-order valence-corrected chi connectivity index (χ2v) is 6.52. The van der Waals surface area contributed by atoms with Crippen molar-refractivity contribution in [3.05, 3.63) is 52.7 Å². The lowest BCUT2D eigenvalue weighted by atomic mass is 10.0. The molecule has 2 heterocycles. The van der Waals surface area contributed by atoms with Crippen LogP contribution in [0.15, 0.2) is 28.8 Å². The number of aliphatic hydroxyl groups excluding tert-OH is 1. The third-order valence-electron chi connectivity index (χ3n) is 4.55. The Bertz CT molecular complexity index is 681. The van der Waals surface area contributed by atoms with Crippen molar-refractivity contribution < 1.29 is 14.0 Å². The minimum absolute atomic E-state index is 0.264. The Morgan fingerprint density at radius 2 is 1.88 bits per heavy atom. The highest BCUT2D eigenvalue weighted by Gasteiger charge is 2.21. The van der Waals surface area contributed by atoms with Gasteiger partial charge in [0.15, 0.2) is 0 Å². The van der Waals surface area contributed by atoms with E-state index in [1.165, 1.54) is 12.1 Å². The zero-order valence-corrected chi connectivity index (χ0v) is 14.2. The van der Waals surface area contributed by atoms with E-state index in [1.54, 1.807) is 6.07 Å². The summed E-state index contributed by atoms with van der Waals surface area (Å²) in [6.45, 7) is 8.76. The van der Waals surface area contributed by atoms with Crippen molar-refractivity contribution in [2.75, 3.05) is 32.7 Å².